The fourth-order valence-electron chi connectivity index (χ4n) is 2.84. The van der Waals surface area contributed by atoms with Crippen LogP contribution in [-0.2, 0) is 22.3 Å². The highest BCUT2D eigenvalue weighted by Gasteiger charge is 2.20. The summed E-state index contributed by atoms with van der Waals surface area (Å²) in [6.07, 6.45) is 6.92. The van der Waals surface area contributed by atoms with Gasteiger partial charge in [0.05, 0.1) is 23.7 Å². The van der Waals surface area contributed by atoms with Crippen LogP contribution in [0.1, 0.15) is 36.1 Å². The molecule has 0 aliphatic carbocycles. The zero-order valence-electron chi connectivity index (χ0n) is 16.5. The smallest absolute Gasteiger partial charge is 0.269 e. The van der Waals surface area contributed by atoms with Gasteiger partial charge in [0.1, 0.15) is 12.7 Å². The largest absolute Gasteiger partial charge is 0.357 e. The minimum atomic E-state index is -4.30. The summed E-state index contributed by atoms with van der Waals surface area (Å²) >= 11 is 0. The predicted molar refractivity (Wildman–Crippen MR) is 115 cm³/mol. The van der Waals surface area contributed by atoms with Gasteiger partial charge in [0, 0.05) is 0 Å². The monoisotopic (exact) mass is 423 g/mol. The summed E-state index contributed by atoms with van der Waals surface area (Å²) < 4.78 is 34.3. The number of hydrogen-bond donors (Lipinski definition) is 2. The molecule has 30 heavy (non-hydrogen) atoms. The van der Waals surface area contributed by atoms with Crippen molar-refractivity contribution in [3.63, 3.8) is 0 Å². The highest BCUT2D eigenvalue weighted by molar-refractivity contribution is 7.87. The molecular weight excluding hydrogens is 402 g/mol. The van der Waals surface area contributed by atoms with Crippen molar-refractivity contribution in [2.45, 2.75) is 25.8 Å². The first kappa shape index (κ1) is 21.2. The van der Waals surface area contributed by atoms with E-state index in [1.54, 1.807) is 35.3 Å². The molecule has 2 N–H and O–H groups in total. The number of anilines is 1. The van der Waals surface area contributed by atoms with Gasteiger partial charge in [-0.3, -0.25) is 9.27 Å². The lowest BCUT2D eigenvalue weighted by atomic mass is 9.84. The second-order valence-corrected chi connectivity index (χ2v) is 8.48. The number of nitriles is 1. The highest BCUT2D eigenvalue weighted by Crippen LogP contribution is 2.26. The van der Waals surface area contributed by atoms with E-state index in [4.69, 9.17) is 4.55 Å². The first-order chi connectivity index (χ1) is 14.1. The molecule has 1 heterocycles. The van der Waals surface area contributed by atoms with Crippen LogP contribution in [-0.4, -0.2) is 27.7 Å². The topological polar surface area (TPSA) is 121 Å². The minimum Gasteiger partial charge on any atom is -0.269 e. The lowest BCUT2D eigenvalue weighted by Gasteiger charge is -2.18. The van der Waals surface area contributed by atoms with Crippen molar-refractivity contribution in [3.05, 3.63) is 77.4 Å². The van der Waals surface area contributed by atoms with E-state index >= 15 is 0 Å². The molecule has 0 unspecified atom stereocenters. The van der Waals surface area contributed by atoms with Gasteiger partial charge in [0.25, 0.3) is 0 Å². The second kappa shape index (κ2) is 8.49. The standard InChI is InChI=1S/C21H21N5O3S/c1-21(2,13-22)19-10-17(9-18(11-19)12-26-15-23-14-24-26)4-3-16-5-7-20(8-6-16)25-30(27,28)29/h3-11,14-15,25H,12H2,1-2H3,(H,27,28,29)/b4-3+. The van der Waals surface area contributed by atoms with Gasteiger partial charge in [-0.15, -0.1) is 0 Å². The van der Waals surface area contributed by atoms with Crippen LogP contribution in [0.5, 0.6) is 0 Å². The SMILES string of the molecule is CC(C)(C#N)c1cc(/C=C/c2ccc(NS(=O)(=O)O)cc2)cc(Cn2cncn2)c1. The van der Waals surface area contributed by atoms with E-state index < -0.39 is 15.7 Å². The molecule has 0 amide bonds. The van der Waals surface area contributed by atoms with Crippen molar-refractivity contribution in [3.8, 4) is 6.07 Å². The van der Waals surface area contributed by atoms with Crippen LogP contribution in [0, 0.1) is 11.3 Å². The van der Waals surface area contributed by atoms with E-state index in [-0.39, 0.29) is 5.69 Å². The average molecular weight is 423 g/mol. The number of rotatable bonds is 7. The van der Waals surface area contributed by atoms with Gasteiger partial charge < -0.3 is 0 Å². The van der Waals surface area contributed by atoms with Crippen molar-refractivity contribution in [1.29, 1.82) is 5.26 Å². The average Bonchev–Trinajstić information content (AvgIpc) is 3.19. The summed E-state index contributed by atoms with van der Waals surface area (Å²) in [5.74, 6) is 0. The van der Waals surface area contributed by atoms with Gasteiger partial charge >= 0.3 is 10.3 Å². The van der Waals surface area contributed by atoms with Gasteiger partial charge in [-0.1, -0.05) is 36.4 Å². The van der Waals surface area contributed by atoms with Gasteiger partial charge in [0.15, 0.2) is 0 Å². The first-order valence-electron chi connectivity index (χ1n) is 9.06. The fourth-order valence-corrected chi connectivity index (χ4v) is 3.27. The fraction of sp³-hybridized carbons (Fsp3) is 0.190. The van der Waals surface area contributed by atoms with E-state index in [2.05, 4.69) is 16.2 Å². The molecule has 0 radical (unpaired) electrons. The van der Waals surface area contributed by atoms with Crippen LogP contribution in [0.25, 0.3) is 12.2 Å². The Morgan fingerprint density at radius 1 is 1.17 bits per heavy atom. The minimum absolute atomic E-state index is 0.266. The van der Waals surface area contributed by atoms with Crippen LogP contribution in [0.4, 0.5) is 5.69 Å². The predicted octanol–water partition coefficient (Wildman–Crippen LogP) is 3.51. The lowest BCUT2D eigenvalue weighted by molar-refractivity contribution is 0.489. The molecule has 3 rings (SSSR count). The summed E-state index contributed by atoms with van der Waals surface area (Å²) in [5.41, 5.74) is 3.28. The first-order valence-corrected chi connectivity index (χ1v) is 10.5. The number of hydrogen-bond acceptors (Lipinski definition) is 5. The third kappa shape index (κ3) is 5.76. The van der Waals surface area contributed by atoms with Gasteiger partial charge in [-0.2, -0.15) is 18.8 Å². The Labute approximate surface area is 175 Å². The molecule has 8 nitrogen and oxygen atoms in total. The summed E-state index contributed by atoms with van der Waals surface area (Å²) in [4.78, 5) is 3.96. The van der Waals surface area contributed by atoms with Crippen LogP contribution in [0.3, 0.4) is 0 Å². The van der Waals surface area contributed by atoms with Gasteiger partial charge in [-0.25, -0.2) is 9.67 Å². The van der Waals surface area contributed by atoms with Crippen molar-refractivity contribution >= 4 is 28.1 Å². The summed E-state index contributed by atoms with van der Waals surface area (Å²) in [6.45, 7) is 4.28. The van der Waals surface area contributed by atoms with Crippen molar-refractivity contribution < 1.29 is 13.0 Å². The van der Waals surface area contributed by atoms with Crippen LogP contribution < -0.4 is 4.72 Å². The van der Waals surface area contributed by atoms with E-state index in [1.807, 2.05) is 48.9 Å². The van der Waals surface area contributed by atoms with Crippen LogP contribution in [0.15, 0.2) is 55.1 Å². The maximum Gasteiger partial charge on any atom is 0.357 e. The highest BCUT2D eigenvalue weighted by atomic mass is 32.2. The molecule has 0 bridgehead atoms. The number of nitrogens with one attached hydrogen (secondary N) is 1. The van der Waals surface area contributed by atoms with Crippen molar-refractivity contribution in [1.82, 2.24) is 14.8 Å². The van der Waals surface area contributed by atoms with E-state index in [0.29, 0.717) is 6.54 Å². The van der Waals surface area contributed by atoms with Gasteiger partial charge in [-0.05, 0) is 54.3 Å². The van der Waals surface area contributed by atoms with Crippen molar-refractivity contribution in [2.24, 2.45) is 0 Å². The molecule has 0 aliphatic heterocycles. The van der Waals surface area contributed by atoms with E-state index in [0.717, 1.165) is 22.3 Å². The van der Waals surface area contributed by atoms with Gasteiger partial charge in [0.2, 0.25) is 0 Å². The molecule has 1 aromatic heterocycles. The molecule has 0 atom stereocenters. The zero-order chi connectivity index (χ0) is 21.8. The Balaban J connectivity index is 1.88. The molecule has 9 heteroatoms. The second-order valence-electron chi connectivity index (χ2n) is 7.33. The summed E-state index contributed by atoms with van der Waals surface area (Å²) in [5, 5.41) is 13.7. The Kier molecular flexibility index (Phi) is 6.01. The third-order valence-electron chi connectivity index (χ3n) is 4.45. The molecule has 0 saturated heterocycles. The molecular formula is C21H21N5O3S. The van der Waals surface area contributed by atoms with Crippen LogP contribution >= 0.6 is 0 Å². The number of aromatic nitrogens is 3. The maximum absolute atomic E-state index is 10.9. The molecule has 0 spiro atoms. The molecule has 0 fully saturated rings. The van der Waals surface area contributed by atoms with E-state index in [9.17, 15) is 13.7 Å². The summed E-state index contributed by atoms with van der Waals surface area (Å²) in [6, 6.07) is 14.9. The molecule has 154 valence electrons. The number of benzene rings is 2. The Hall–Kier alpha value is -3.48. The van der Waals surface area contributed by atoms with Crippen molar-refractivity contribution in [2.75, 3.05) is 4.72 Å². The van der Waals surface area contributed by atoms with E-state index in [1.165, 1.54) is 6.33 Å². The summed E-state index contributed by atoms with van der Waals surface area (Å²) in [7, 11) is -4.30. The molecule has 0 aliphatic rings. The normalized spacial score (nSPS) is 12.1. The lowest BCUT2D eigenvalue weighted by Crippen LogP contribution is -2.15. The third-order valence-corrected chi connectivity index (χ3v) is 4.95. The zero-order valence-corrected chi connectivity index (χ0v) is 17.3. The maximum atomic E-state index is 10.9. The Morgan fingerprint density at radius 3 is 2.47 bits per heavy atom. The number of nitrogens with zero attached hydrogens (tertiary/aromatic N) is 4. The quantitative estimate of drug-likeness (QED) is 0.443. The molecule has 2 aromatic carbocycles. The Morgan fingerprint density at radius 2 is 1.87 bits per heavy atom. The van der Waals surface area contributed by atoms with Crippen LogP contribution in [0.2, 0.25) is 0 Å². The molecule has 3 aromatic rings. The Bertz CT molecular complexity index is 1190. The molecule has 0 saturated carbocycles.